The van der Waals surface area contributed by atoms with Gasteiger partial charge < -0.3 is 15.4 Å². The first-order valence-electron chi connectivity index (χ1n) is 6.82. The van der Waals surface area contributed by atoms with Crippen LogP contribution in [0.15, 0.2) is 24.5 Å². The minimum Gasteiger partial charge on any atom is -0.490 e. The van der Waals surface area contributed by atoms with Crippen molar-refractivity contribution in [1.82, 2.24) is 9.97 Å². The number of nitrogens with one attached hydrogen (secondary N) is 2. The van der Waals surface area contributed by atoms with Crippen LogP contribution >= 0.6 is 0 Å². The van der Waals surface area contributed by atoms with Crippen molar-refractivity contribution in [2.45, 2.75) is 20.3 Å². The highest BCUT2D eigenvalue weighted by Gasteiger charge is 2.14. The number of hydrogen-bond acceptors (Lipinski definition) is 5. The van der Waals surface area contributed by atoms with E-state index < -0.39 is 0 Å². The Bertz CT molecular complexity index is 598. The Balaban J connectivity index is 2.35. The molecular weight excluding hydrogens is 271 g/mol. The van der Waals surface area contributed by atoms with Crippen molar-refractivity contribution in [2.24, 2.45) is 0 Å². The molecule has 0 unspecified atom stereocenters. The molecule has 5 nitrogen and oxygen atoms in total. The van der Waals surface area contributed by atoms with Gasteiger partial charge in [0.2, 0.25) is 5.75 Å². The summed E-state index contributed by atoms with van der Waals surface area (Å²) < 4.78 is 19.3. The van der Waals surface area contributed by atoms with Gasteiger partial charge in [0.25, 0.3) is 0 Å². The third kappa shape index (κ3) is 3.39. The molecule has 0 bridgehead atoms. The Hall–Kier alpha value is -2.37. The monoisotopic (exact) mass is 290 g/mol. The topological polar surface area (TPSA) is 59.1 Å². The number of ether oxygens (including phenoxy) is 1. The van der Waals surface area contributed by atoms with E-state index >= 15 is 0 Å². The predicted octanol–water partition coefficient (Wildman–Crippen LogP) is 3.50. The fourth-order valence-corrected chi connectivity index (χ4v) is 1.93. The standard InChI is InChI=1S/C15H19FN4O/c1-4-8-17-14-13(21-3)15(19-9-18-14)20-12-10(2)6-5-7-11(12)16/h5-7,9H,4,8H2,1-3H3,(H2,17,18,19,20). The highest BCUT2D eigenvalue weighted by molar-refractivity contribution is 5.70. The van der Waals surface area contributed by atoms with Gasteiger partial charge in [0.15, 0.2) is 11.6 Å². The number of rotatable bonds is 6. The Morgan fingerprint density at radius 1 is 1.24 bits per heavy atom. The molecule has 0 atom stereocenters. The highest BCUT2D eigenvalue weighted by atomic mass is 19.1. The summed E-state index contributed by atoms with van der Waals surface area (Å²) in [6.07, 6.45) is 2.38. The maximum Gasteiger partial charge on any atom is 0.204 e. The summed E-state index contributed by atoms with van der Waals surface area (Å²) in [5.41, 5.74) is 1.18. The molecule has 21 heavy (non-hydrogen) atoms. The number of para-hydroxylation sites is 1. The van der Waals surface area contributed by atoms with Gasteiger partial charge in [-0.2, -0.15) is 0 Å². The Kier molecular flexibility index (Phi) is 4.92. The second kappa shape index (κ2) is 6.88. The summed E-state index contributed by atoms with van der Waals surface area (Å²) in [6.45, 7) is 4.66. The molecule has 0 aliphatic heterocycles. The van der Waals surface area contributed by atoms with Crippen molar-refractivity contribution in [3.63, 3.8) is 0 Å². The quantitative estimate of drug-likeness (QED) is 0.852. The smallest absolute Gasteiger partial charge is 0.204 e. The van der Waals surface area contributed by atoms with Crippen LogP contribution in [0.1, 0.15) is 18.9 Å². The minimum absolute atomic E-state index is 0.335. The fraction of sp³-hybridized carbons (Fsp3) is 0.333. The molecule has 0 spiro atoms. The summed E-state index contributed by atoms with van der Waals surface area (Å²) in [6, 6.07) is 4.90. The lowest BCUT2D eigenvalue weighted by atomic mass is 10.2. The van der Waals surface area contributed by atoms with E-state index in [-0.39, 0.29) is 5.82 Å². The second-order valence-corrected chi connectivity index (χ2v) is 4.59. The lowest BCUT2D eigenvalue weighted by Crippen LogP contribution is -2.08. The average molecular weight is 290 g/mol. The van der Waals surface area contributed by atoms with Gasteiger partial charge in [-0.15, -0.1) is 0 Å². The Labute approximate surface area is 123 Å². The number of aromatic nitrogens is 2. The molecule has 112 valence electrons. The van der Waals surface area contributed by atoms with Crippen LogP contribution in [0.3, 0.4) is 0 Å². The maximum atomic E-state index is 13.9. The molecule has 1 aromatic heterocycles. The van der Waals surface area contributed by atoms with E-state index in [0.717, 1.165) is 18.5 Å². The predicted molar refractivity (Wildman–Crippen MR) is 81.8 cm³/mol. The molecule has 0 saturated heterocycles. The molecule has 0 aliphatic carbocycles. The third-order valence-electron chi connectivity index (χ3n) is 3.02. The Morgan fingerprint density at radius 3 is 2.67 bits per heavy atom. The third-order valence-corrected chi connectivity index (χ3v) is 3.02. The van der Waals surface area contributed by atoms with Crippen molar-refractivity contribution in [2.75, 3.05) is 24.3 Å². The van der Waals surface area contributed by atoms with Gasteiger partial charge in [-0.25, -0.2) is 14.4 Å². The van der Waals surface area contributed by atoms with Crippen LogP contribution in [0, 0.1) is 12.7 Å². The fourth-order valence-electron chi connectivity index (χ4n) is 1.93. The van der Waals surface area contributed by atoms with Crippen LogP contribution in [0.2, 0.25) is 0 Å². The van der Waals surface area contributed by atoms with Crippen LogP contribution in [0.25, 0.3) is 0 Å². The number of aryl methyl sites for hydroxylation is 1. The number of hydrogen-bond donors (Lipinski definition) is 2. The number of benzene rings is 1. The van der Waals surface area contributed by atoms with Gasteiger partial charge in [-0.1, -0.05) is 19.1 Å². The summed E-state index contributed by atoms with van der Waals surface area (Å²) in [5, 5.41) is 6.15. The first kappa shape index (κ1) is 15.0. The van der Waals surface area contributed by atoms with Crippen LogP contribution in [-0.4, -0.2) is 23.6 Å². The molecule has 0 fully saturated rings. The second-order valence-electron chi connectivity index (χ2n) is 4.59. The first-order chi connectivity index (χ1) is 10.2. The normalized spacial score (nSPS) is 10.3. The molecule has 2 N–H and O–H groups in total. The van der Waals surface area contributed by atoms with E-state index in [1.54, 1.807) is 6.07 Å². The van der Waals surface area contributed by atoms with Crippen molar-refractivity contribution in [3.05, 3.63) is 35.9 Å². The SMILES string of the molecule is CCCNc1ncnc(Nc2c(C)cccc2F)c1OC. The largest absolute Gasteiger partial charge is 0.490 e. The van der Waals surface area contributed by atoms with Gasteiger partial charge in [0.1, 0.15) is 12.1 Å². The van der Waals surface area contributed by atoms with E-state index in [2.05, 4.69) is 27.5 Å². The minimum atomic E-state index is -0.335. The molecular formula is C15H19FN4O. The molecule has 2 aromatic rings. The lowest BCUT2D eigenvalue weighted by Gasteiger charge is -2.15. The number of halogens is 1. The van der Waals surface area contributed by atoms with E-state index in [9.17, 15) is 4.39 Å². The van der Waals surface area contributed by atoms with Crippen LogP contribution in [0.4, 0.5) is 21.7 Å². The molecule has 1 heterocycles. The van der Waals surface area contributed by atoms with Gasteiger partial charge in [0, 0.05) is 6.54 Å². The molecule has 1 aromatic carbocycles. The van der Waals surface area contributed by atoms with E-state index in [4.69, 9.17) is 4.74 Å². The summed E-state index contributed by atoms with van der Waals surface area (Å²) in [7, 11) is 1.54. The highest BCUT2D eigenvalue weighted by Crippen LogP contribution is 2.32. The number of nitrogens with zero attached hydrogens (tertiary/aromatic N) is 2. The number of methoxy groups -OCH3 is 1. The zero-order chi connectivity index (χ0) is 15.2. The summed E-state index contributed by atoms with van der Waals surface area (Å²) >= 11 is 0. The molecule has 0 aliphatic rings. The molecule has 2 rings (SSSR count). The maximum absolute atomic E-state index is 13.9. The van der Waals surface area contributed by atoms with E-state index in [0.29, 0.717) is 23.1 Å². The van der Waals surface area contributed by atoms with E-state index in [1.165, 1.54) is 19.5 Å². The zero-order valence-corrected chi connectivity index (χ0v) is 12.4. The van der Waals surface area contributed by atoms with Gasteiger partial charge in [0.05, 0.1) is 12.8 Å². The molecule has 0 saturated carbocycles. The van der Waals surface area contributed by atoms with Crippen LogP contribution in [-0.2, 0) is 0 Å². The Morgan fingerprint density at radius 2 is 2.00 bits per heavy atom. The van der Waals surface area contributed by atoms with Gasteiger partial charge in [-0.05, 0) is 25.0 Å². The lowest BCUT2D eigenvalue weighted by molar-refractivity contribution is 0.415. The zero-order valence-electron chi connectivity index (χ0n) is 12.4. The van der Waals surface area contributed by atoms with Gasteiger partial charge in [-0.3, -0.25) is 0 Å². The van der Waals surface area contributed by atoms with Crippen molar-refractivity contribution >= 4 is 17.3 Å². The molecule has 6 heteroatoms. The molecule has 0 radical (unpaired) electrons. The number of anilines is 3. The van der Waals surface area contributed by atoms with Crippen molar-refractivity contribution < 1.29 is 9.13 Å². The van der Waals surface area contributed by atoms with Crippen molar-refractivity contribution in [1.29, 1.82) is 0 Å². The summed E-state index contributed by atoms with van der Waals surface area (Å²) in [5.74, 6) is 1.15. The van der Waals surface area contributed by atoms with Crippen LogP contribution < -0.4 is 15.4 Å². The molecule has 0 amide bonds. The first-order valence-corrected chi connectivity index (χ1v) is 6.82. The van der Waals surface area contributed by atoms with E-state index in [1.807, 2.05) is 13.0 Å². The van der Waals surface area contributed by atoms with Crippen LogP contribution in [0.5, 0.6) is 5.75 Å². The average Bonchev–Trinajstić information content (AvgIpc) is 2.49. The summed E-state index contributed by atoms with van der Waals surface area (Å²) in [4.78, 5) is 8.30. The van der Waals surface area contributed by atoms with Crippen molar-refractivity contribution in [3.8, 4) is 5.75 Å². The van der Waals surface area contributed by atoms with Gasteiger partial charge >= 0.3 is 0 Å².